The summed E-state index contributed by atoms with van der Waals surface area (Å²) in [5.74, 6) is 0.996. The number of nitrogens with two attached hydrogens (primary N) is 1. The van der Waals surface area contributed by atoms with Gasteiger partial charge in [0.25, 0.3) is 0 Å². The Bertz CT molecular complexity index is 250. The molecule has 1 atom stereocenters. The number of amides is 1. The average molecular weight is 278 g/mol. The van der Waals surface area contributed by atoms with E-state index in [4.69, 9.17) is 22.7 Å². The molecule has 0 rings (SSSR count). The van der Waals surface area contributed by atoms with Crippen LogP contribution < -0.4 is 5.73 Å². The van der Waals surface area contributed by atoms with Crippen LogP contribution in [0.15, 0.2) is 0 Å². The molecule has 0 spiro atoms. The maximum absolute atomic E-state index is 12.1. The number of carbonyl (C=O) groups is 1. The second-order valence-corrected chi connectivity index (χ2v) is 5.33. The lowest BCUT2D eigenvalue weighted by molar-refractivity contribution is -0.134. The highest BCUT2D eigenvalue weighted by Crippen LogP contribution is 2.09. The van der Waals surface area contributed by atoms with Gasteiger partial charge in [0.15, 0.2) is 0 Å². The monoisotopic (exact) mass is 278 g/mol. The van der Waals surface area contributed by atoms with Crippen molar-refractivity contribution >= 4 is 34.9 Å². The van der Waals surface area contributed by atoms with Crippen LogP contribution in [0.1, 0.15) is 13.3 Å². The van der Waals surface area contributed by atoms with E-state index in [1.807, 2.05) is 13.2 Å². The summed E-state index contributed by atoms with van der Waals surface area (Å²) in [5, 5.41) is 0. The molecule has 0 aromatic heterocycles. The average Bonchev–Trinajstić information content (AvgIpc) is 2.28. The van der Waals surface area contributed by atoms with Gasteiger partial charge < -0.3 is 15.4 Å². The number of thiocarbonyl (C=S) groups is 1. The van der Waals surface area contributed by atoms with Gasteiger partial charge in [0, 0.05) is 38.3 Å². The Morgan fingerprint density at radius 1 is 1.53 bits per heavy atom. The largest absolute Gasteiger partial charge is 0.393 e. The molecule has 100 valence electrons. The molecule has 4 nitrogen and oxygen atoms in total. The number of rotatable bonds is 9. The number of nitrogens with zero attached hydrogens (tertiary/aromatic N) is 1. The van der Waals surface area contributed by atoms with Gasteiger partial charge in [0.1, 0.15) is 0 Å². The minimum Gasteiger partial charge on any atom is -0.393 e. The van der Waals surface area contributed by atoms with Crippen molar-refractivity contribution in [2.24, 2.45) is 11.7 Å². The van der Waals surface area contributed by atoms with E-state index < -0.39 is 0 Å². The summed E-state index contributed by atoms with van der Waals surface area (Å²) in [4.78, 5) is 14.3. The van der Waals surface area contributed by atoms with E-state index in [1.165, 1.54) is 0 Å². The molecule has 0 aliphatic rings. The van der Waals surface area contributed by atoms with Gasteiger partial charge in [-0.1, -0.05) is 19.1 Å². The third-order valence-electron chi connectivity index (χ3n) is 2.34. The van der Waals surface area contributed by atoms with Crippen LogP contribution in [0.4, 0.5) is 0 Å². The molecule has 0 fully saturated rings. The van der Waals surface area contributed by atoms with Crippen LogP contribution in [-0.2, 0) is 9.53 Å². The number of hydrogen-bond donors (Lipinski definition) is 1. The second-order valence-electron chi connectivity index (χ2n) is 3.89. The number of hydrogen-bond acceptors (Lipinski definition) is 4. The summed E-state index contributed by atoms with van der Waals surface area (Å²) >= 11 is 6.51. The maximum Gasteiger partial charge on any atom is 0.226 e. The van der Waals surface area contributed by atoms with E-state index in [9.17, 15) is 4.79 Å². The van der Waals surface area contributed by atoms with Gasteiger partial charge >= 0.3 is 0 Å². The lowest BCUT2D eigenvalue weighted by Gasteiger charge is -2.25. The van der Waals surface area contributed by atoms with Crippen molar-refractivity contribution in [2.75, 3.05) is 38.8 Å². The number of ether oxygens (including phenoxy) is 1. The topological polar surface area (TPSA) is 55.6 Å². The van der Waals surface area contributed by atoms with Crippen molar-refractivity contribution in [3.05, 3.63) is 0 Å². The number of thioether (sulfide) groups is 1. The predicted molar refractivity (Wildman–Crippen MR) is 77.4 cm³/mol. The van der Waals surface area contributed by atoms with Crippen molar-refractivity contribution in [1.82, 2.24) is 4.90 Å². The first kappa shape index (κ1) is 16.7. The fourth-order valence-electron chi connectivity index (χ4n) is 1.41. The molecule has 0 aliphatic heterocycles. The number of methoxy groups -OCH3 is 1. The Morgan fingerprint density at radius 3 is 2.65 bits per heavy atom. The smallest absolute Gasteiger partial charge is 0.226 e. The van der Waals surface area contributed by atoms with Crippen LogP contribution in [0.5, 0.6) is 0 Å². The van der Waals surface area contributed by atoms with Gasteiger partial charge in [-0.25, -0.2) is 0 Å². The highest BCUT2D eigenvalue weighted by molar-refractivity contribution is 7.98. The molecule has 0 saturated carbocycles. The Kier molecular flexibility index (Phi) is 9.49. The third-order valence-corrected chi connectivity index (χ3v) is 3.38. The minimum absolute atomic E-state index is 0.0215. The quantitative estimate of drug-likeness (QED) is 0.641. The Hall–Kier alpha value is -0.330. The molecule has 0 radical (unpaired) electrons. The Labute approximate surface area is 113 Å². The molecule has 0 aromatic carbocycles. The second kappa shape index (κ2) is 9.67. The molecule has 0 saturated heterocycles. The third kappa shape index (κ3) is 7.57. The van der Waals surface area contributed by atoms with Crippen molar-refractivity contribution in [2.45, 2.75) is 13.3 Å². The first-order chi connectivity index (χ1) is 8.02. The zero-order valence-corrected chi connectivity index (χ0v) is 12.4. The van der Waals surface area contributed by atoms with E-state index in [2.05, 4.69) is 0 Å². The maximum atomic E-state index is 12.1. The molecule has 1 amide bonds. The zero-order chi connectivity index (χ0) is 13.3. The minimum atomic E-state index is 0.0215. The van der Waals surface area contributed by atoms with Crippen molar-refractivity contribution in [3.63, 3.8) is 0 Å². The van der Waals surface area contributed by atoms with Crippen molar-refractivity contribution in [1.29, 1.82) is 0 Å². The van der Waals surface area contributed by atoms with Gasteiger partial charge in [0.05, 0.1) is 11.6 Å². The molecular formula is C11H22N2O2S2. The summed E-state index contributed by atoms with van der Waals surface area (Å²) < 4.78 is 5.01. The molecule has 0 bridgehead atoms. The zero-order valence-electron chi connectivity index (χ0n) is 10.8. The van der Waals surface area contributed by atoms with Crippen LogP contribution in [0.2, 0.25) is 0 Å². The molecule has 1 unspecified atom stereocenters. The lowest BCUT2D eigenvalue weighted by atomic mass is 10.2. The first-order valence-electron chi connectivity index (χ1n) is 5.57. The number of carbonyl (C=O) groups excluding carboxylic acids is 1. The Morgan fingerprint density at radius 2 is 2.18 bits per heavy atom. The van der Waals surface area contributed by atoms with Crippen molar-refractivity contribution < 1.29 is 9.53 Å². The van der Waals surface area contributed by atoms with E-state index in [-0.39, 0.29) is 11.8 Å². The van der Waals surface area contributed by atoms with Crippen LogP contribution >= 0.6 is 24.0 Å². The fourth-order valence-corrected chi connectivity index (χ4v) is 2.15. The molecule has 2 N–H and O–H groups in total. The first-order valence-corrected chi connectivity index (χ1v) is 7.38. The summed E-state index contributed by atoms with van der Waals surface area (Å²) in [6, 6.07) is 0. The molecular weight excluding hydrogens is 256 g/mol. The highest BCUT2D eigenvalue weighted by Gasteiger charge is 2.19. The van der Waals surface area contributed by atoms with Crippen molar-refractivity contribution in [3.8, 4) is 0 Å². The summed E-state index contributed by atoms with van der Waals surface area (Å²) in [7, 11) is 1.63. The van der Waals surface area contributed by atoms with Gasteiger partial charge in [-0.05, 0) is 6.26 Å². The van der Waals surface area contributed by atoms with Gasteiger partial charge in [-0.3, -0.25) is 4.79 Å². The SMILES string of the molecule is COCCN(CCC(N)=S)C(=O)C(C)CSC. The van der Waals surface area contributed by atoms with E-state index >= 15 is 0 Å². The summed E-state index contributed by atoms with van der Waals surface area (Å²) in [6.07, 6.45) is 2.56. The van der Waals surface area contributed by atoms with Crippen LogP contribution in [0, 0.1) is 5.92 Å². The lowest BCUT2D eigenvalue weighted by Crippen LogP contribution is -2.40. The van der Waals surface area contributed by atoms with E-state index in [0.717, 1.165) is 5.75 Å². The summed E-state index contributed by atoms with van der Waals surface area (Å²) in [6.45, 7) is 3.65. The van der Waals surface area contributed by atoms with E-state index in [1.54, 1.807) is 23.8 Å². The van der Waals surface area contributed by atoms with Crippen LogP contribution in [0.25, 0.3) is 0 Å². The highest BCUT2D eigenvalue weighted by atomic mass is 32.2. The van der Waals surface area contributed by atoms with E-state index in [0.29, 0.717) is 31.1 Å². The van der Waals surface area contributed by atoms with Gasteiger partial charge in [0.2, 0.25) is 5.91 Å². The van der Waals surface area contributed by atoms with Gasteiger partial charge in [-0.2, -0.15) is 11.8 Å². The molecule has 0 aliphatic carbocycles. The van der Waals surface area contributed by atoms with Crippen LogP contribution in [-0.4, -0.2) is 54.6 Å². The molecule has 6 heteroatoms. The van der Waals surface area contributed by atoms with Gasteiger partial charge in [-0.15, -0.1) is 0 Å². The summed E-state index contributed by atoms with van der Waals surface area (Å²) in [5.41, 5.74) is 5.46. The Balaban J connectivity index is 4.32. The molecule has 17 heavy (non-hydrogen) atoms. The molecule has 0 heterocycles. The normalized spacial score (nSPS) is 12.2. The standard InChI is InChI=1S/C11H22N2O2S2/c1-9(8-17-3)11(14)13(6-7-15-2)5-4-10(12)16/h9H,4-8H2,1-3H3,(H2,12,16). The fraction of sp³-hybridized carbons (Fsp3) is 0.818. The molecule has 0 aromatic rings. The van der Waals surface area contributed by atoms with Crippen LogP contribution in [0.3, 0.4) is 0 Å². The predicted octanol–water partition coefficient (Wildman–Crippen LogP) is 1.14.